The molecule has 1 aliphatic heterocycles. The number of hydrogen-bond acceptors (Lipinski definition) is 4. The molecular formula is C11H16FN3O2S. The molecule has 1 aliphatic rings. The molecule has 0 aromatic carbocycles. The van der Waals surface area contributed by atoms with Gasteiger partial charge in [0.15, 0.2) is 0 Å². The van der Waals surface area contributed by atoms with Crippen LogP contribution >= 0.6 is 0 Å². The molecule has 1 fully saturated rings. The highest BCUT2D eigenvalue weighted by molar-refractivity contribution is 7.89. The smallest absolute Gasteiger partial charge is 0.242 e. The van der Waals surface area contributed by atoms with Crippen molar-refractivity contribution in [1.82, 2.24) is 15.0 Å². The molecule has 100 valence electrons. The van der Waals surface area contributed by atoms with E-state index in [4.69, 9.17) is 0 Å². The highest BCUT2D eigenvalue weighted by atomic mass is 32.2. The van der Waals surface area contributed by atoms with Gasteiger partial charge in [-0.25, -0.2) is 17.5 Å². The Morgan fingerprint density at radius 1 is 1.33 bits per heavy atom. The summed E-state index contributed by atoms with van der Waals surface area (Å²) in [4.78, 5) is 3.43. The molecule has 0 spiro atoms. The summed E-state index contributed by atoms with van der Waals surface area (Å²) >= 11 is 0. The molecule has 0 radical (unpaired) electrons. The summed E-state index contributed by atoms with van der Waals surface area (Å²) in [6, 6.07) is 0.873. The number of nitrogens with one attached hydrogen (secondary N) is 2. The summed E-state index contributed by atoms with van der Waals surface area (Å²) < 4.78 is 39.6. The predicted octanol–water partition coefficient (Wildman–Crippen LogP) is 0.641. The van der Waals surface area contributed by atoms with Gasteiger partial charge in [-0.2, -0.15) is 0 Å². The SMILES string of the molecule is O=S(=O)(NC1CCCNCC1)c1cncc(F)c1. The van der Waals surface area contributed by atoms with Gasteiger partial charge in [0.2, 0.25) is 10.0 Å². The first-order chi connectivity index (χ1) is 8.58. The molecule has 5 nitrogen and oxygen atoms in total. The number of nitrogens with zero attached hydrogens (tertiary/aromatic N) is 1. The topological polar surface area (TPSA) is 71.1 Å². The molecule has 0 aliphatic carbocycles. The van der Waals surface area contributed by atoms with Gasteiger partial charge in [0.1, 0.15) is 10.7 Å². The highest BCUT2D eigenvalue weighted by Gasteiger charge is 2.21. The van der Waals surface area contributed by atoms with Crippen molar-refractivity contribution in [3.8, 4) is 0 Å². The van der Waals surface area contributed by atoms with Gasteiger partial charge in [0, 0.05) is 12.2 Å². The number of aromatic nitrogens is 1. The fraction of sp³-hybridized carbons (Fsp3) is 0.545. The van der Waals surface area contributed by atoms with Crippen molar-refractivity contribution >= 4 is 10.0 Å². The van der Waals surface area contributed by atoms with E-state index < -0.39 is 15.8 Å². The maximum Gasteiger partial charge on any atom is 0.242 e. The zero-order valence-corrected chi connectivity index (χ0v) is 10.7. The summed E-state index contributed by atoms with van der Waals surface area (Å²) in [5.41, 5.74) is 0. The monoisotopic (exact) mass is 273 g/mol. The van der Waals surface area contributed by atoms with Gasteiger partial charge in [-0.1, -0.05) is 0 Å². The van der Waals surface area contributed by atoms with Crippen LogP contribution in [-0.4, -0.2) is 32.5 Å². The van der Waals surface area contributed by atoms with Gasteiger partial charge in [0.05, 0.1) is 6.20 Å². The third-order valence-electron chi connectivity index (χ3n) is 2.89. The number of rotatable bonds is 3. The van der Waals surface area contributed by atoms with Gasteiger partial charge in [-0.15, -0.1) is 0 Å². The minimum absolute atomic E-state index is 0.103. The molecule has 1 aromatic heterocycles. The molecule has 2 heterocycles. The van der Waals surface area contributed by atoms with Crippen molar-refractivity contribution < 1.29 is 12.8 Å². The van der Waals surface area contributed by atoms with E-state index in [0.29, 0.717) is 0 Å². The first-order valence-corrected chi connectivity index (χ1v) is 7.40. The van der Waals surface area contributed by atoms with Crippen LogP contribution in [0.5, 0.6) is 0 Å². The summed E-state index contributed by atoms with van der Waals surface area (Å²) in [6.07, 6.45) is 4.58. The fourth-order valence-electron chi connectivity index (χ4n) is 1.96. The Morgan fingerprint density at radius 3 is 2.94 bits per heavy atom. The normalized spacial score (nSPS) is 21.5. The molecule has 0 saturated carbocycles. The Balaban J connectivity index is 2.11. The first-order valence-electron chi connectivity index (χ1n) is 5.91. The number of sulfonamides is 1. The van der Waals surface area contributed by atoms with E-state index in [0.717, 1.165) is 50.8 Å². The van der Waals surface area contributed by atoms with Crippen LogP contribution in [0.25, 0.3) is 0 Å². The van der Waals surface area contributed by atoms with Crippen molar-refractivity contribution in [3.63, 3.8) is 0 Å². The molecule has 1 unspecified atom stereocenters. The predicted molar refractivity (Wildman–Crippen MR) is 65.0 cm³/mol. The Kier molecular flexibility index (Phi) is 4.26. The average Bonchev–Trinajstić information content (AvgIpc) is 2.57. The zero-order chi connectivity index (χ0) is 13.0. The van der Waals surface area contributed by atoms with Crippen LogP contribution in [0.4, 0.5) is 4.39 Å². The van der Waals surface area contributed by atoms with E-state index >= 15 is 0 Å². The Bertz CT molecular complexity index is 499. The van der Waals surface area contributed by atoms with Crippen LogP contribution in [0.15, 0.2) is 23.4 Å². The van der Waals surface area contributed by atoms with Crippen LogP contribution < -0.4 is 10.0 Å². The molecule has 1 atom stereocenters. The van der Waals surface area contributed by atoms with Gasteiger partial charge in [0.25, 0.3) is 0 Å². The van der Waals surface area contributed by atoms with Gasteiger partial charge < -0.3 is 5.32 Å². The molecule has 7 heteroatoms. The second-order valence-corrected chi connectivity index (χ2v) is 6.05. The van der Waals surface area contributed by atoms with Gasteiger partial charge in [-0.3, -0.25) is 4.98 Å². The lowest BCUT2D eigenvalue weighted by molar-refractivity contribution is 0.516. The van der Waals surface area contributed by atoms with Crippen LogP contribution in [0, 0.1) is 5.82 Å². The van der Waals surface area contributed by atoms with E-state index in [9.17, 15) is 12.8 Å². The van der Waals surface area contributed by atoms with Crippen molar-refractivity contribution in [2.45, 2.75) is 30.2 Å². The van der Waals surface area contributed by atoms with E-state index in [2.05, 4.69) is 15.0 Å². The summed E-state index contributed by atoms with van der Waals surface area (Å²) in [6.45, 7) is 1.69. The van der Waals surface area contributed by atoms with E-state index in [1.165, 1.54) is 0 Å². The average molecular weight is 273 g/mol. The van der Waals surface area contributed by atoms with Crippen LogP contribution in [0.1, 0.15) is 19.3 Å². The van der Waals surface area contributed by atoms with E-state index in [1.54, 1.807) is 0 Å². The third-order valence-corrected chi connectivity index (χ3v) is 4.38. The maximum atomic E-state index is 13.0. The molecule has 1 aromatic rings. The van der Waals surface area contributed by atoms with Crippen molar-refractivity contribution in [3.05, 3.63) is 24.3 Å². The third kappa shape index (κ3) is 3.47. The largest absolute Gasteiger partial charge is 0.317 e. The molecule has 2 N–H and O–H groups in total. The lowest BCUT2D eigenvalue weighted by Crippen LogP contribution is -2.35. The molecule has 0 amide bonds. The van der Waals surface area contributed by atoms with Gasteiger partial charge >= 0.3 is 0 Å². The Labute approximate surface area is 106 Å². The lowest BCUT2D eigenvalue weighted by Gasteiger charge is -2.15. The zero-order valence-electron chi connectivity index (χ0n) is 9.89. The minimum Gasteiger partial charge on any atom is -0.317 e. The van der Waals surface area contributed by atoms with E-state index in [1.807, 2.05) is 0 Å². The molecule has 0 bridgehead atoms. The second-order valence-electron chi connectivity index (χ2n) is 4.34. The Hall–Kier alpha value is -1.05. The van der Waals surface area contributed by atoms with Gasteiger partial charge in [-0.05, 0) is 38.4 Å². The van der Waals surface area contributed by atoms with Crippen molar-refractivity contribution in [1.29, 1.82) is 0 Å². The summed E-state index contributed by atoms with van der Waals surface area (Å²) in [5, 5.41) is 3.20. The maximum absolute atomic E-state index is 13.0. The summed E-state index contributed by atoms with van der Waals surface area (Å²) in [5.74, 6) is -0.652. The highest BCUT2D eigenvalue weighted by Crippen LogP contribution is 2.12. The van der Waals surface area contributed by atoms with E-state index in [-0.39, 0.29) is 10.9 Å². The number of halogens is 1. The second kappa shape index (κ2) is 5.73. The van der Waals surface area contributed by atoms with Crippen molar-refractivity contribution in [2.75, 3.05) is 13.1 Å². The molecule has 18 heavy (non-hydrogen) atoms. The lowest BCUT2D eigenvalue weighted by atomic mass is 10.1. The van der Waals surface area contributed by atoms with Crippen molar-refractivity contribution in [2.24, 2.45) is 0 Å². The van der Waals surface area contributed by atoms with Crippen LogP contribution in [0.2, 0.25) is 0 Å². The number of hydrogen-bond donors (Lipinski definition) is 2. The first kappa shape index (κ1) is 13.4. The number of pyridine rings is 1. The van der Waals surface area contributed by atoms with Crippen LogP contribution in [-0.2, 0) is 10.0 Å². The standard InChI is InChI=1S/C11H16FN3O2S/c12-9-6-11(8-14-7-9)18(16,17)15-10-2-1-4-13-5-3-10/h6-8,10,13,15H,1-5H2. The minimum atomic E-state index is -3.68. The summed E-state index contributed by atoms with van der Waals surface area (Å²) in [7, 11) is -3.68. The molecule has 2 rings (SSSR count). The fourth-order valence-corrected chi connectivity index (χ4v) is 3.24. The van der Waals surface area contributed by atoms with Crippen LogP contribution in [0.3, 0.4) is 0 Å². The quantitative estimate of drug-likeness (QED) is 0.848. The molecule has 1 saturated heterocycles. The Morgan fingerprint density at radius 2 is 2.17 bits per heavy atom. The molecular weight excluding hydrogens is 257 g/mol.